The van der Waals surface area contributed by atoms with E-state index in [4.69, 9.17) is 27.3 Å². The number of rotatable bonds is 16. The maximum atomic E-state index is 12.9. The first-order valence-electron chi connectivity index (χ1n) is 26.3. The Labute approximate surface area is 480 Å². The number of allylic oxidation sites excluding steroid dienone is 2. The second-order valence-corrected chi connectivity index (χ2v) is 20.6. The van der Waals surface area contributed by atoms with Gasteiger partial charge in [0.15, 0.2) is 0 Å². The number of nitrogen functional groups attached to an aromatic ring is 1. The average molecular weight is 1160 g/mol. The minimum atomic E-state index is -0.431. The number of alkyl halides is 1. The van der Waals surface area contributed by atoms with E-state index >= 15 is 0 Å². The smallest absolute Gasteiger partial charge is 0.251 e. The Morgan fingerprint density at radius 2 is 1.12 bits per heavy atom. The van der Waals surface area contributed by atoms with Crippen LogP contribution in [-0.2, 0) is 9.59 Å². The van der Waals surface area contributed by atoms with E-state index in [9.17, 15) is 19.2 Å². The number of para-hydroxylation sites is 2. The van der Waals surface area contributed by atoms with Crippen LogP contribution < -0.4 is 32.3 Å². The Morgan fingerprint density at radius 3 is 1.59 bits per heavy atom. The molecule has 9 N–H and O–H groups in total. The third-order valence-electron chi connectivity index (χ3n) is 13.4. The van der Waals surface area contributed by atoms with Gasteiger partial charge in [-0.05, 0) is 156 Å². The molecule has 0 unspecified atom stereocenters. The zero-order valence-corrected chi connectivity index (χ0v) is 46.4. The first kappa shape index (κ1) is 59.5. The molecule has 2 aliphatic rings. The molecular weight excluding hydrogens is 1090 g/mol. The number of aromatic amines is 2. The molecule has 17 nitrogen and oxygen atoms in total. The lowest BCUT2D eigenvalue weighted by Crippen LogP contribution is -2.42. The molecular formula is C61H69BrClN13O4. The first-order valence-corrected chi connectivity index (χ1v) is 27.8. The number of aromatic nitrogens is 6. The van der Waals surface area contributed by atoms with Crippen molar-refractivity contribution < 1.29 is 19.2 Å². The van der Waals surface area contributed by atoms with Crippen LogP contribution in [0.1, 0.15) is 79.5 Å². The Morgan fingerprint density at radius 1 is 0.650 bits per heavy atom. The van der Waals surface area contributed by atoms with Gasteiger partial charge in [0.1, 0.15) is 0 Å². The van der Waals surface area contributed by atoms with E-state index in [1.807, 2.05) is 73.9 Å². The molecule has 4 aromatic carbocycles. The lowest BCUT2D eigenvalue weighted by Gasteiger charge is -2.30. The van der Waals surface area contributed by atoms with Crippen molar-refractivity contribution in [3.63, 3.8) is 0 Å². The van der Waals surface area contributed by atoms with Crippen LogP contribution in [0.3, 0.4) is 0 Å². The minimum absolute atomic E-state index is 0. The van der Waals surface area contributed by atoms with Gasteiger partial charge in [0.05, 0.1) is 11.4 Å². The van der Waals surface area contributed by atoms with Gasteiger partial charge in [-0.3, -0.25) is 19.2 Å². The van der Waals surface area contributed by atoms with Crippen molar-refractivity contribution in [2.45, 2.75) is 83.0 Å². The summed E-state index contributed by atoms with van der Waals surface area (Å²) in [5, 5.41) is 18.6. The summed E-state index contributed by atoms with van der Waals surface area (Å²) in [5.74, 6) is 0.827. The summed E-state index contributed by atoms with van der Waals surface area (Å²) in [6.07, 6.45) is 21.3. The number of carbonyl (C=O) groups excluding carboxylic acids is 4. The van der Waals surface area contributed by atoms with Crippen LogP contribution in [0.15, 0.2) is 158 Å². The molecule has 19 heteroatoms. The van der Waals surface area contributed by atoms with Gasteiger partial charge >= 0.3 is 0 Å². The van der Waals surface area contributed by atoms with Gasteiger partial charge < -0.3 is 47.2 Å². The van der Waals surface area contributed by atoms with E-state index in [0.717, 1.165) is 95.7 Å². The highest BCUT2D eigenvalue weighted by Gasteiger charge is 2.26. The highest BCUT2D eigenvalue weighted by molar-refractivity contribution is 9.09. The van der Waals surface area contributed by atoms with E-state index < -0.39 is 5.24 Å². The molecule has 0 saturated heterocycles. The second kappa shape index (κ2) is 29.7. The monoisotopic (exact) mass is 1160 g/mol. The molecule has 80 heavy (non-hydrogen) atoms. The standard InChI is InChI=1S/C31H35N7O2.C25H26N6O.C4H4BrClO.CH4/c1-38(2)18-6-11-29(39)34-22-14-12-21(13-15-22)30(40)35-23-7-5-8-24(19-23)36-31-32-17-16-28(37-31)26-20-33-27-10-4-3-9-25(26)27;26-17-10-8-16(9-11-17)24(32)29-18-4-3-5-19(14-18)30-25-27-13-12-23(31-25)21-15-28-22-7-2-1-6-20(21)22;5-3-1-2-4(6)7;/h3-4,6,9-17,20,23-24,33H,5,7-8,18-19H2,1-2H3,(H,34,39)(H,35,40)(H,32,36,37);1-2,6-13,15,18-19,28H,3-5,14,26H2,(H,29,32)(H,27,30,31);1-2H,3H2;1H4/b11-6+;;2-1+;/t23-,24+;18-,19+;;/m00../s1. The quantitative estimate of drug-likeness (QED) is 0.0195. The molecule has 4 heterocycles. The molecule has 416 valence electrons. The number of hydrogen-bond donors (Lipinski definition) is 8. The predicted octanol–water partition coefficient (Wildman–Crippen LogP) is 11.5. The topological polar surface area (TPSA) is 241 Å². The maximum absolute atomic E-state index is 12.9. The van der Waals surface area contributed by atoms with Crippen LogP contribution in [0.4, 0.5) is 23.3 Å². The van der Waals surface area contributed by atoms with Crippen LogP contribution >= 0.6 is 27.5 Å². The summed E-state index contributed by atoms with van der Waals surface area (Å²) in [5.41, 5.74) is 14.2. The molecule has 0 radical (unpaired) electrons. The van der Waals surface area contributed by atoms with E-state index in [0.29, 0.717) is 46.3 Å². The number of nitrogens with two attached hydrogens (primary N) is 1. The number of anilines is 4. The first-order chi connectivity index (χ1) is 38.4. The van der Waals surface area contributed by atoms with Crippen LogP contribution in [0.25, 0.3) is 44.3 Å². The zero-order chi connectivity index (χ0) is 55.5. The zero-order valence-electron chi connectivity index (χ0n) is 44.1. The Kier molecular flexibility index (Phi) is 22.1. The minimum Gasteiger partial charge on any atom is -0.399 e. The second-order valence-electron chi connectivity index (χ2n) is 19.6. The molecule has 2 fully saturated rings. The highest BCUT2D eigenvalue weighted by Crippen LogP contribution is 2.30. The van der Waals surface area contributed by atoms with Crippen LogP contribution in [0.2, 0.25) is 0 Å². The number of hydrogen-bond acceptors (Lipinski definition) is 12. The van der Waals surface area contributed by atoms with Gasteiger partial charge in [-0.1, -0.05) is 71.9 Å². The molecule has 3 amide bonds. The molecule has 4 atom stereocenters. The number of H-pyrrole nitrogens is 2. The number of amides is 3. The molecule has 10 rings (SSSR count). The summed E-state index contributed by atoms with van der Waals surface area (Å²) >= 11 is 7.99. The number of benzene rings is 4. The summed E-state index contributed by atoms with van der Waals surface area (Å²) in [6, 6.07) is 34.7. The summed E-state index contributed by atoms with van der Waals surface area (Å²) in [6.45, 7) is 0.689. The third-order valence-corrected chi connectivity index (χ3v) is 13.9. The molecule has 0 aliphatic heterocycles. The number of likely N-dealkylation sites (N-methyl/N-ethyl adjacent to an activating group) is 1. The molecule has 4 aromatic heterocycles. The largest absolute Gasteiger partial charge is 0.399 e. The van der Waals surface area contributed by atoms with Crippen molar-refractivity contribution in [3.05, 3.63) is 169 Å². The molecule has 8 aromatic rings. The van der Waals surface area contributed by atoms with Crippen LogP contribution in [0.5, 0.6) is 0 Å². The molecule has 0 spiro atoms. The highest BCUT2D eigenvalue weighted by atomic mass is 79.9. The van der Waals surface area contributed by atoms with Gasteiger partial charge in [0, 0.05) is 122 Å². The van der Waals surface area contributed by atoms with Gasteiger partial charge in [0.2, 0.25) is 23.0 Å². The van der Waals surface area contributed by atoms with Crippen LogP contribution in [-0.4, -0.2) is 108 Å². The fourth-order valence-electron chi connectivity index (χ4n) is 9.56. The van der Waals surface area contributed by atoms with E-state index in [1.54, 1.807) is 73.1 Å². The van der Waals surface area contributed by atoms with Crippen molar-refractivity contribution in [1.29, 1.82) is 0 Å². The number of carbonyl (C=O) groups is 4. The molecule has 0 bridgehead atoms. The number of fused-ring (bicyclic) bond motifs is 2. The van der Waals surface area contributed by atoms with E-state index in [2.05, 4.69) is 80.6 Å². The summed E-state index contributed by atoms with van der Waals surface area (Å²) in [7, 11) is 3.88. The van der Waals surface area contributed by atoms with Gasteiger partial charge in [-0.25, -0.2) is 19.9 Å². The van der Waals surface area contributed by atoms with Crippen LogP contribution in [0, 0.1) is 0 Å². The van der Waals surface area contributed by atoms with Gasteiger partial charge in [-0.15, -0.1) is 0 Å². The maximum Gasteiger partial charge on any atom is 0.251 e. The predicted molar refractivity (Wildman–Crippen MR) is 327 cm³/mol. The normalized spacial score (nSPS) is 16.9. The van der Waals surface area contributed by atoms with Crippen molar-refractivity contribution in [3.8, 4) is 22.5 Å². The molecule has 2 saturated carbocycles. The van der Waals surface area contributed by atoms with Gasteiger partial charge in [0.25, 0.3) is 11.8 Å². The Balaban J connectivity index is 0.000000208. The summed E-state index contributed by atoms with van der Waals surface area (Å²) in [4.78, 5) is 74.4. The lowest BCUT2D eigenvalue weighted by atomic mass is 9.91. The van der Waals surface area contributed by atoms with Crippen molar-refractivity contribution >= 4 is 95.6 Å². The van der Waals surface area contributed by atoms with E-state index in [-0.39, 0.29) is 49.3 Å². The molecule has 2 aliphatic carbocycles. The lowest BCUT2D eigenvalue weighted by molar-refractivity contribution is -0.112. The number of halogens is 2. The van der Waals surface area contributed by atoms with Crippen molar-refractivity contribution in [1.82, 2.24) is 45.4 Å². The Hall–Kier alpha value is -8.19. The summed E-state index contributed by atoms with van der Waals surface area (Å²) < 4.78 is 0. The van der Waals surface area contributed by atoms with Crippen molar-refractivity contribution in [2.75, 3.05) is 47.7 Å². The SMILES string of the molecule is C.CN(C)C/C=C/C(=O)Nc1ccc(C(=O)N[C@H]2CCC[C@@H](Nc3nccc(-c4c[nH]c5ccccc45)n3)C2)cc1.Nc1ccc(C(=O)N[C@H]2CCC[C@@H](Nc3nccc(-c4c[nH]c5ccccc45)n3)C2)cc1.O=C(Cl)/C=C/CBr. The van der Waals surface area contributed by atoms with E-state index in [1.165, 1.54) is 12.2 Å². The third kappa shape index (κ3) is 17.4. The fourth-order valence-corrected chi connectivity index (χ4v) is 9.84. The van der Waals surface area contributed by atoms with Crippen molar-refractivity contribution in [2.24, 2.45) is 0 Å². The fraction of sp³-hybridized carbons (Fsp3) is 0.279. The number of nitrogens with one attached hydrogen (secondary N) is 7. The average Bonchev–Trinajstić information content (AvgIpc) is 4.13. The number of nitrogens with zero attached hydrogens (tertiary/aromatic N) is 5. The Bertz CT molecular complexity index is 3380. The van der Waals surface area contributed by atoms with Gasteiger partial charge in [-0.2, -0.15) is 0 Å².